The Kier molecular flexibility index (Phi) is 9.26. The third-order valence-electron chi connectivity index (χ3n) is 4.32. The molecule has 0 aromatic rings. The first kappa shape index (κ1) is 19.9. The van der Waals surface area contributed by atoms with E-state index in [0.717, 1.165) is 6.42 Å². The van der Waals surface area contributed by atoms with Crippen molar-refractivity contribution in [1.29, 1.82) is 0 Å². The lowest BCUT2D eigenvalue weighted by atomic mass is 9.80. The Hall–Kier alpha value is -1.10. The normalized spacial score (nSPS) is 17.1. The molecule has 5 heteroatoms. The monoisotopic (exact) mass is 300 g/mol. The van der Waals surface area contributed by atoms with E-state index in [1.165, 1.54) is 0 Å². The molecule has 4 atom stereocenters. The first-order valence-corrected chi connectivity index (χ1v) is 7.94. The van der Waals surface area contributed by atoms with Gasteiger partial charge in [0.1, 0.15) is 0 Å². The molecule has 0 spiro atoms. The van der Waals surface area contributed by atoms with Crippen molar-refractivity contribution < 1.29 is 14.7 Å². The number of aliphatic carboxylic acids is 1. The minimum absolute atomic E-state index is 0.0624. The van der Waals surface area contributed by atoms with Crippen LogP contribution in [0.25, 0.3) is 0 Å². The van der Waals surface area contributed by atoms with Crippen LogP contribution in [0.3, 0.4) is 0 Å². The minimum atomic E-state index is -0.823. The van der Waals surface area contributed by atoms with Crippen molar-refractivity contribution >= 4 is 11.9 Å². The van der Waals surface area contributed by atoms with E-state index in [2.05, 4.69) is 26.1 Å². The highest BCUT2D eigenvalue weighted by atomic mass is 16.4. The predicted octanol–water partition coefficient (Wildman–Crippen LogP) is 2.25. The number of hydrogen-bond donors (Lipinski definition) is 3. The number of amides is 1. The molecule has 0 radical (unpaired) electrons. The van der Waals surface area contributed by atoms with E-state index in [-0.39, 0.29) is 24.2 Å². The lowest BCUT2D eigenvalue weighted by Gasteiger charge is -2.28. The summed E-state index contributed by atoms with van der Waals surface area (Å²) in [6.45, 7) is 10.7. The SMILES string of the molecule is CCC(C)C(C)C(CNC(=O)[C@@H](N)CC(C)C)CC(=O)O. The lowest BCUT2D eigenvalue weighted by molar-refractivity contribution is -0.139. The van der Waals surface area contributed by atoms with Crippen LogP contribution in [0.15, 0.2) is 0 Å². The fourth-order valence-electron chi connectivity index (χ4n) is 2.48. The van der Waals surface area contributed by atoms with Crippen LogP contribution in [-0.4, -0.2) is 29.6 Å². The largest absolute Gasteiger partial charge is 0.481 e. The lowest BCUT2D eigenvalue weighted by Crippen LogP contribution is -2.44. The van der Waals surface area contributed by atoms with Crippen molar-refractivity contribution in [3.8, 4) is 0 Å². The maximum Gasteiger partial charge on any atom is 0.303 e. The van der Waals surface area contributed by atoms with Gasteiger partial charge in [-0.2, -0.15) is 0 Å². The van der Waals surface area contributed by atoms with E-state index in [9.17, 15) is 9.59 Å². The molecule has 0 aliphatic carbocycles. The topological polar surface area (TPSA) is 92.4 Å². The molecule has 0 aromatic heterocycles. The molecule has 0 saturated carbocycles. The van der Waals surface area contributed by atoms with Gasteiger partial charge in [-0.3, -0.25) is 9.59 Å². The summed E-state index contributed by atoms with van der Waals surface area (Å²) in [6, 6.07) is -0.519. The second-order valence-electron chi connectivity index (χ2n) is 6.58. The van der Waals surface area contributed by atoms with Gasteiger partial charge in [0.2, 0.25) is 5.91 Å². The predicted molar refractivity (Wildman–Crippen MR) is 84.8 cm³/mol. The van der Waals surface area contributed by atoms with Gasteiger partial charge in [0.25, 0.3) is 0 Å². The molecule has 0 saturated heterocycles. The van der Waals surface area contributed by atoms with Gasteiger partial charge in [0, 0.05) is 6.54 Å². The first-order chi connectivity index (χ1) is 9.68. The van der Waals surface area contributed by atoms with Gasteiger partial charge in [0.15, 0.2) is 0 Å². The number of rotatable bonds is 10. The average Bonchev–Trinajstić information content (AvgIpc) is 2.39. The van der Waals surface area contributed by atoms with Gasteiger partial charge < -0.3 is 16.2 Å². The Morgan fingerprint density at radius 2 is 1.76 bits per heavy atom. The molecule has 0 rings (SSSR count). The van der Waals surface area contributed by atoms with Crippen molar-refractivity contribution in [1.82, 2.24) is 5.32 Å². The molecule has 0 bridgehead atoms. The molecule has 0 heterocycles. The van der Waals surface area contributed by atoms with E-state index in [1.807, 2.05) is 13.8 Å². The second kappa shape index (κ2) is 9.77. The molecule has 0 aliphatic rings. The molecular formula is C16H32N2O3. The van der Waals surface area contributed by atoms with Crippen LogP contribution in [-0.2, 0) is 9.59 Å². The van der Waals surface area contributed by atoms with Crippen molar-refractivity contribution in [2.24, 2.45) is 29.4 Å². The maximum absolute atomic E-state index is 11.9. The quantitative estimate of drug-likeness (QED) is 0.577. The van der Waals surface area contributed by atoms with Crippen LogP contribution in [0.1, 0.15) is 53.9 Å². The molecule has 3 unspecified atom stereocenters. The second-order valence-corrected chi connectivity index (χ2v) is 6.58. The highest BCUT2D eigenvalue weighted by Crippen LogP contribution is 2.25. The average molecular weight is 300 g/mol. The number of carboxylic acid groups (broad SMARTS) is 1. The number of carbonyl (C=O) groups is 2. The maximum atomic E-state index is 11.9. The number of hydrogen-bond acceptors (Lipinski definition) is 3. The molecule has 0 aromatic carbocycles. The van der Waals surface area contributed by atoms with Gasteiger partial charge in [-0.15, -0.1) is 0 Å². The molecule has 5 nitrogen and oxygen atoms in total. The first-order valence-electron chi connectivity index (χ1n) is 7.94. The smallest absolute Gasteiger partial charge is 0.303 e. The van der Waals surface area contributed by atoms with E-state index in [1.54, 1.807) is 0 Å². The van der Waals surface area contributed by atoms with Crippen molar-refractivity contribution in [2.45, 2.75) is 59.9 Å². The van der Waals surface area contributed by atoms with E-state index >= 15 is 0 Å². The van der Waals surface area contributed by atoms with E-state index in [0.29, 0.717) is 24.8 Å². The third kappa shape index (κ3) is 8.05. The van der Waals surface area contributed by atoms with Gasteiger partial charge in [-0.25, -0.2) is 0 Å². The van der Waals surface area contributed by atoms with Crippen LogP contribution in [0.4, 0.5) is 0 Å². The Labute approximate surface area is 128 Å². The summed E-state index contributed by atoms with van der Waals surface area (Å²) < 4.78 is 0. The number of carboxylic acids is 1. The summed E-state index contributed by atoms with van der Waals surface area (Å²) in [6.07, 6.45) is 1.71. The molecule has 0 fully saturated rings. The Bertz CT molecular complexity index is 331. The van der Waals surface area contributed by atoms with Gasteiger partial charge in [-0.05, 0) is 30.1 Å². The zero-order valence-electron chi connectivity index (χ0n) is 14.1. The summed E-state index contributed by atoms with van der Waals surface area (Å²) in [7, 11) is 0. The molecule has 124 valence electrons. The molecule has 0 aliphatic heterocycles. The highest BCUT2D eigenvalue weighted by molar-refractivity contribution is 5.81. The van der Waals surface area contributed by atoms with Crippen LogP contribution in [0, 0.1) is 23.7 Å². The summed E-state index contributed by atoms with van der Waals surface area (Å²) in [5.41, 5.74) is 5.84. The summed E-state index contributed by atoms with van der Waals surface area (Å²) in [5, 5.41) is 11.9. The van der Waals surface area contributed by atoms with E-state index in [4.69, 9.17) is 10.8 Å². The number of nitrogens with two attached hydrogens (primary N) is 1. The molecule has 1 amide bonds. The zero-order valence-corrected chi connectivity index (χ0v) is 14.1. The standard InChI is InChI=1S/C16H32N2O3/c1-6-11(4)12(5)13(8-15(19)20)9-18-16(21)14(17)7-10(2)3/h10-14H,6-9,17H2,1-5H3,(H,18,21)(H,19,20)/t11?,12?,13?,14-/m0/s1. The summed E-state index contributed by atoms with van der Waals surface area (Å²) in [4.78, 5) is 23.0. The van der Waals surface area contributed by atoms with Crippen LogP contribution < -0.4 is 11.1 Å². The van der Waals surface area contributed by atoms with Gasteiger partial charge in [0.05, 0.1) is 12.5 Å². The number of carbonyl (C=O) groups excluding carboxylic acids is 1. The van der Waals surface area contributed by atoms with Crippen LogP contribution in [0.5, 0.6) is 0 Å². The van der Waals surface area contributed by atoms with Gasteiger partial charge in [-0.1, -0.05) is 41.0 Å². The summed E-state index contributed by atoms with van der Waals surface area (Å²) >= 11 is 0. The van der Waals surface area contributed by atoms with Gasteiger partial charge >= 0.3 is 5.97 Å². The third-order valence-corrected chi connectivity index (χ3v) is 4.32. The highest BCUT2D eigenvalue weighted by Gasteiger charge is 2.25. The van der Waals surface area contributed by atoms with Crippen LogP contribution in [0.2, 0.25) is 0 Å². The van der Waals surface area contributed by atoms with Crippen molar-refractivity contribution in [2.75, 3.05) is 6.54 Å². The molecule has 4 N–H and O–H groups in total. The number of nitrogens with one attached hydrogen (secondary N) is 1. The summed E-state index contributed by atoms with van der Waals surface area (Å²) in [5.74, 6) is -0.0399. The Balaban J connectivity index is 4.54. The minimum Gasteiger partial charge on any atom is -0.481 e. The Morgan fingerprint density at radius 3 is 2.19 bits per heavy atom. The zero-order chi connectivity index (χ0) is 16.6. The van der Waals surface area contributed by atoms with Crippen LogP contribution >= 0.6 is 0 Å². The van der Waals surface area contributed by atoms with E-state index < -0.39 is 12.0 Å². The fourth-order valence-corrected chi connectivity index (χ4v) is 2.48. The fraction of sp³-hybridized carbons (Fsp3) is 0.875. The molecule has 21 heavy (non-hydrogen) atoms. The molecular weight excluding hydrogens is 268 g/mol. The Morgan fingerprint density at radius 1 is 1.19 bits per heavy atom. The van der Waals surface area contributed by atoms with Crippen molar-refractivity contribution in [3.05, 3.63) is 0 Å². The van der Waals surface area contributed by atoms with Crippen molar-refractivity contribution in [3.63, 3.8) is 0 Å².